The molecule has 0 radical (unpaired) electrons. The minimum atomic E-state index is -0.469. The summed E-state index contributed by atoms with van der Waals surface area (Å²) in [6.45, 7) is 0.905. The number of hydrogen-bond acceptors (Lipinski definition) is 10. The van der Waals surface area contributed by atoms with Crippen LogP contribution < -0.4 is 9.47 Å². The van der Waals surface area contributed by atoms with Crippen LogP contribution in [0.25, 0.3) is 11.1 Å². The van der Waals surface area contributed by atoms with E-state index in [9.17, 15) is 20.2 Å². The fourth-order valence-electron chi connectivity index (χ4n) is 4.66. The van der Waals surface area contributed by atoms with Crippen molar-refractivity contribution in [1.29, 1.82) is 0 Å². The molecule has 0 aliphatic carbocycles. The molecular formula is C32H32N2O10. The smallest absolute Gasteiger partial charge is 0.269 e. The summed E-state index contributed by atoms with van der Waals surface area (Å²) in [6.07, 6.45) is 0. The van der Waals surface area contributed by atoms with E-state index in [2.05, 4.69) is 0 Å². The summed E-state index contributed by atoms with van der Waals surface area (Å²) < 4.78 is 34.4. The third kappa shape index (κ3) is 7.74. The second-order valence-corrected chi connectivity index (χ2v) is 9.69. The maximum absolute atomic E-state index is 11.1. The van der Waals surface area contributed by atoms with Crippen LogP contribution in [0.2, 0.25) is 0 Å². The number of nitro groups is 2. The molecule has 4 aromatic rings. The first-order chi connectivity index (χ1) is 21.3. The first-order valence-electron chi connectivity index (χ1n) is 13.4. The first kappa shape index (κ1) is 32.0. The standard InChI is InChI=1S/C32H32N2O10/c1-39-17-23-13-21(14-24(18-40-2)31(23)43-29-9-5-27(6-10-29)33(35)36)22-15-25(19-41-3)32(26(16-22)20-42-4)44-30-11-7-28(8-12-30)34(37)38/h5-16H,17-20H2,1-4H3. The van der Waals surface area contributed by atoms with Crippen LogP contribution in [0.15, 0.2) is 72.8 Å². The molecule has 4 rings (SSSR count). The second-order valence-electron chi connectivity index (χ2n) is 9.69. The summed E-state index contributed by atoms with van der Waals surface area (Å²) in [5.74, 6) is 1.91. The van der Waals surface area contributed by atoms with Crippen molar-refractivity contribution < 1.29 is 38.3 Å². The monoisotopic (exact) mass is 604 g/mol. The average molecular weight is 605 g/mol. The molecule has 0 spiro atoms. The Morgan fingerprint density at radius 2 is 0.773 bits per heavy atom. The van der Waals surface area contributed by atoms with E-state index >= 15 is 0 Å². The van der Waals surface area contributed by atoms with Gasteiger partial charge in [-0.25, -0.2) is 0 Å². The molecule has 0 atom stereocenters. The van der Waals surface area contributed by atoms with Gasteiger partial charge in [-0.15, -0.1) is 0 Å². The number of nitro benzene ring substituents is 2. The van der Waals surface area contributed by atoms with Crippen LogP contribution >= 0.6 is 0 Å². The van der Waals surface area contributed by atoms with E-state index in [1.165, 1.54) is 48.5 Å². The van der Waals surface area contributed by atoms with Crippen LogP contribution in [0.5, 0.6) is 23.0 Å². The molecule has 0 aliphatic heterocycles. The highest BCUT2D eigenvalue weighted by Crippen LogP contribution is 2.39. The highest BCUT2D eigenvalue weighted by molar-refractivity contribution is 5.71. The normalized spacial score (nSPS) is 10.9. The van der Waals surface area contributed by atoms with Crippen LogP contribution in [0, 0.1) is 20.2 Å². The molecule has 0 heterocycles. The van der Waals surface area contributed by atoms with Crippen molar-refractivity contribution >= 4 is 11.4 Å². The number of hydrogen-bond donors (Lipinski definition) is 0. The van der Waals surface area contributed by atoms with Gasteiger partial charge in [0.15, 0.2) is 0 Å². The number of ether oxygens (including phenoxy) is 6. The van der Waals surface area contributed by atoms with Crippen LogP contribution in [-0.2, 0) is 45.4 Å². The predicted molar refractivity (Wildman–Crippen MR) is 161 cm³/mol. The van der Waals surface area contributed by atoms with Crippen molar-refractivity contribution in [2.45, 2.75) is 26.4 Å². The van der Waals surface area contributed by atoms with Gasteiger partial charge in [-0.3, -0.25) is 20.2 Å². The van der Waals surface area contributed by atoms with Crippen molar-refractivity contribution in [2.24, 2.45) is 0 Å². The van der Waals surface area contributed by atoms with Crippen molar-refractivity contribution in [1.82, 2.24) is 0 Å². The minimum absolute atomic E-state index is 0.0401. The highest BCUT2D eigenvalue weighted by atomic mass is 16.6. The molecule has 0 saturated carbocycles. The molecule has 0 N–H and O–H groups in total. The quantitative estimate of drug-likeness (QED) is 0.0999. The molecule has 230 valence electrons. The Labute approximate surface area is 254 Å². The molecule has 4 aromatic carbocycles. The molecular weight excluding hydrogens is 572 g/mol. The van der Waals surface area contributed by atoms with Gasteiger partial charge in [-0.05, 0) is 59.7 Å². The van der Waals surface area contributed by atoms with Gasteiger partial charge in [-0.1, -0.05) is 0 Å². The average Bonchev–Trinajstić information content (AvgIpc) is 3.01. The van der Waals surface area contributed by atoms with Gasteiger partial charge >= 0.3 is 0 Å². The molecule has 44 heavy (non-hydrogen) atoms. The molecule has 12 heteroatoms. The zero-order valence-electron chi connectivity index (χ0n) is 24.7. The summed E-state index contributed by atoms with van der Waals surface area (Å²) in [4.78, 5) is 21.2. The minimum Gasteiger partial charge on any atom is -0.457 e. The third-order valence-corrected chi connectivity index (χ3v) is 6.55. The molecule has 0 bridgehead atoms. The van der Waals surface area contributed by atoms with E-state index in [1.807, 2.05) is 24.3 Å². The lowest BCUT2D eigenvalue weighted by Crippen LogP contribution is -2.03. The molecule has 0 amide bonds. The van der Waals surface area contributed by atoms with Gasteiger partial charge in [0.1, 0.15) is 23.0 Å². The van der Waals surface area contributed by atoms with Crippen molar-refractivity contribution in [3.05, 3.63) is 115 Å². The topological polar surface area (TPSA) is 142 Å². The maximum Gasteiger partial charge on any atom is 0.269 e. The van der Waals surface area contributed by atoms with Gasteiger partial charge in [-0.2, -0.15) is 0 Å². The first-order valence-corrected chi connectivity index (χ1v) is 13.4. The number of non-ortho nitro benzene ring substituents is 2. The number of nitrogens with zero attached hydrogens (tertiary/aromatic N) is 2. The van der Waals surface area contributed by atoms with Gasteiger partial charge in [0.05, 0.1) is 36.3 Å². The summed E-state index contributed by atoms with van der Waals surface area (Å²) in [7, 11) is 6.32. The Morgan fingerprint density at radius 3 is 1.00 bits per heavy atom. The van der Waals surface area contributed by atoms with Crippen LogP contribution in [0.4, 0.5) is 11.4 Å². The number of benzene rings is 4. The lowest BCUT2D eigenvalue weighted by molar-refractivity contribution is -0.385. The lowest BCUT2D eigenvalue weighted by Gasteiger charge is -2.20. The Kier molecular flexibility index (Phi) is 10.9. The van der Waals surface area contributed by atoms with E-state index in [-0.39, 0.29) is 37.8 Å². The molecule has 0 unspecified atom stereocenters. The molecule has 0 aromatic heterocycles. The zero-order chi connectivity index (χ0) is 31.6. The SMILES string of the molecule is COCc1cc(-c2cc(COC)c(Oc3ccc([N+](=O)[O-])cc3)c(COC)c2)cc(COC)c1Oc1ccc([N+](=O)[O-])cc1. The van der Waals surface area contributed by atoms with E-state index < -0.39 is 9.85 Å². The predicted octanol–water partition coefficient (Wildman–Crippen LogP) is 7.34. The van der Waals surface area contributed by atoms with E-state index in [4.69, 9.17) is 28.4 Å². The van der Waals surface area contributed by atoms with E-state index in [0.29, 0.717) is 23.0 Å². The Balaban J connectivity index is 1.80. The van der Waals surface area contributed by atoms with Gasteiger partial charge < -0.3 is 28.4 Å². The largest absolute Gasteiger partial charge is 0.457 e. The third-order valence-electron chi connectivity index (χ3n) is 6.55. The van der Waals surface area contributed by atoms with Gasteiger partial charge in [0, 0.05) is 75.0 Å². The van der Waals surface area contributed by atoms with Gasteiger partial charge in [0.2, 0.25) is 0 Å². The van der Waals surface area contributed by atoms with Gasteiger partial charge in [0.25, 0.3) is 11.4 Å². The molecule has 12 nitrogen and oxygen atoms in total. The van der Waals surface area contributed by atoms with Crippen LogP contribution in [0.1, 0.15) is 22.3 Å². The lowest BCUT2D eigenvalue weighted by atomic mass is 9.95. The summed E-state index contributed by atoms with van der Waals surface area (Å²) in [6, 6.07) is 19.5. The molecule has 0 fully saturated rings. The Hall–Kier alpha value is -4.88. The van der Waals surface area contributed by atoms with Crippen molar-refractivity contribution in [3.8, 4) is 34.1 Å². The zero-order valence-corrected chi connectivity index (χ0v) is 24.7. The number of methoxy groups -OCH3 is 4. The molecule has 0 aliphatic rings. The Bertz CT molecular complexity index is 1430. The second kappa shape index (κ2) is 15.0. The number of rotatable bonds is 15. The fraction of sp³-hybridized carbons (Fsp3) is 0.250. The van der Waals surface area contributed by atoms with E-state index in [0.717, 1.165) is 33.4 Å². The summed E-state index contributed by atoms with van der Waals surface area (Å²) in [5, 5.41) is 22.2. The highest BCUT2D eigenvalue weighted by Gasteiger charge is 2.19. The van der Waals surface area contributed by atoms with Crippen LogP contribution in [0.3, 0.4) is 0 Å². The van der Waals surface area contributed by atoms with Crippen molar-refractivity contribution in [3.63, 3.8) is 0 Å². The Morgan fingerprint density at radius 1 is 0.500 bits per heavy atom. The molecule has 0 saturated heterocycles. The summed E-state index contributed by atoms with van der Waals surface area (Å²) >= 11 is 0. The van der Waals surface area contributed by atoms with Crippen molar-refractivity contribution in [2.75, 3.05) is 28.4 Å². The summed E-state index contributed by atoms with van der Waals surface area (Å²) in [5.41, 5.74) is 4.56. The maximum atomic E-state index is 11.1. The van der Waals surface area contributed by atoms with E-state index in [1.54, 1.807) is 28.4 Å². The van der Waals surface area contributed by atoms with Crippen LogP contribution in [-0.4, -0.2) is 38.3 Å². The fourth-order valence-corrected chi connectivity index (χ4v) is 4.66.